The Bertz CT molecular complexity index is 768. The van der Waals surface area contributed by atoms with Crippen LogP contribution in [0.25, 0.3) is 11.3 Å². The van der Waals surface area contributed by atoms with Crippen molar-refractivity contribution < 1.29 is 4.79 Å². The molecule has 33 heavy (non-hydrogen) atoms. The largest absolute Gasteiger partial charge is 0.352 e. The predicted octanol–water partition coefficient (Wildman–Crippen LogP) is 8.40. The van der Waals surface area contributed by atoms with Crippen molar-refractivity contribution in [2.24, 2.45) is 0 Å². The third-order valence-corrected chi connectivity index (χ3v) is 6.07. The van der Waals surface area contributed by atoms with Gasteiger partial charge in [-0.2, -0.15) is 0 Å². The van der Waals surface area contributed by atoms with Gasteiger partial charge in [-0.05, 0) is 49.8 Å². The van der Waals surface area contributed by atoms with E-state index in [1.54, 1.807) is 6.20 Å². The van der Waals surface area contributed by atoms with E-state index in [0.29, 0.717) is 13.0 Å². The highest BCUT2D eigenvalue weighted by Crippen LogP contribution is 2.17. The Labute approximate surface area is 202 Å². The maximum Gasteiger partial charge on any atom is 0.220 e. The minimum atomic E-state index is 0.147. The smallest absolute Gasteiger partial charge is 0.220 e. The fourth-order valence-electron chi connectivity index (χ4n) is 3.97. The average Bonchev–Trinajstić information content (AvgIpc) is 2.86. The molecule has 180 valence electrons. The molecule has 0 atom stereocenters. The lowest BCUT2D eigenvalue weighted by molar-refractivity contribution is -0.121. The van der Waals surface area contributed by atoms with E-state index in [-0.39, 0.29) is 5.91 Å². The molecule has 0 aliphatic heterocycles. The molecule has 0 bridgehead atoms. The molecule has 2 aromatic rings. The first-order valence-electron chi connectivity index (χ1n) is 13.2. The van der Waals surface area contributed by atoms with Gasteiger partial charge in [0, 0.05) is 24.7 Å². The molecule has 0 saturated heterocycles. The number of rotatable bonds is 18. The number of benzene rings is 1. The van der Waals surface area contributed by atoms with E-state index in [2.05, 4.69) is 53.6 Å². The number of hydrogen-bond acceptors (Lipinski definition) is 2. The van der Waals surface area contributed by atoms with E-state index < -0.39 is 0 Å². The Morgan fingerprint density at radius 2 is 1.42 bits per heavy atom. The summed E-state index contributed by atoms with van der Waals surface area (Å²) in [7, 11) is 0. The van der Waals surface area contributed by atoms with Crippen molar-refractivity contribution in [3.8, 4) is 11.3 Å². The normalized spacial score (nSPS) is 11.2. The molecular weight excluding hydrogens is 404 g/mol. The fourth-order valence-corrected chi connectivity index (χ4v) is 3.97. The molecule has 1 N–H and O–H groups in total. The molecule has 1 aromatic carbocycles. The first-order valence-corrected chi connectivity index (χ1v) is 13.2. The number of nitrogens with zero attached hydrogens (tertiary/aromatic N) is 1. The molecule has 1 aromatic heterocycles. The summed E-state index contributed by atoms with van der Waals surface area (Å²) < 4.78 is 0. The van der Waals surface area contributed by atoms with Crippen LogP contribution in [0.5, 0.6) is 0 Å². The molecule has 0 saturated carbocycles. The van der Waals surface area contributed by atoms with Gasteiger partial charge in [-0.25, -0.2) is 0 Å². The Morgan fingerprint density at radius 3 is 2.06 bits per heavy atom. The van der Waals surface area contributed by atoms with Crippen LogP contribution in [0.15, 0.2) is 60.8 Å². The number of nitrogens with one attached hydrogen (secondary N) is 1. The molecule has 0 radical (unpaired) electrons. The Morgan fingerprint density at radius 1 is 0.788 bits per heavy atom. The first kappa shape index (κ1) is 26.8. The lowest BCUT2D eigenvalue weighted by atomic mass is 10.1. The van der Waals surface area contributed by atoms with Crippen LogP contribution in [0.2, 0.25) is 0 Å². The Balaban J connectivity index is 1.42. The molecule has 0 fully saturated rings. The first-order chi connectivity index (χ1) is 16.3. The summed E-state index contributed by atoms with van der Waals surface area (Å²) >= 11 is 0. The van der Waals surface area contributed by atoms with Crippen molar-refractivity contribution in [2.75, 3.05) is 0 Å². The minimum Gasteiger partial charge on any atom is -0.352 e. The molecule has 3 heteroatoms. The van der Waals surface area contributed by atoms with Crippen LogP contribution in [0.3, 0.4) is 0 Å². The van der Waals surface area contributed by atoms with E-state index >= 15 is 0 Å². The summed E-state index contributed by atoms with van der Waals surface area (Å²) in [6.07, 6.45) is 23.8. The molecule has 0 spiro atoms. The van der Waals surface area contributed by atoms with Gasteiger partial charge in [0.05, 0.1) is 5.69 Å². The lowest BCUT2D eigenvalue weighted by Gasteiger charge is -2.07. The van der Waals surface area contributed by atoms with Gasteiger partial charge in [-0.15, -0.1) is 0 Å². The summed E-state index contributed by atoms with van der Waals surface area (Å²) in [5.41, 5.74) is 3.18. The van der Waals surface area contributed by atoms with Crippen LogP contribution >= 0.6 is 0 Å². The number of carbonyl (C=O) groups is 1. The molecule has 0 aliphatic carbocycles. The second-order valence-electron chi connectivity index (χ2n) is 9.02. The summed E-state index contributed by atoms with van der Waals surface area (Å²) in [6.45, 7) is 2.86. The highest BCUT2D eigenvalue weighted by atomic mass is 16.1. The zero-order chi connectivity index (χ0) is 23.4. The van der Waals surface area contributed by atoms with Crippen LogP contribution in [-0.2, 0) is 11.3 Å². The van der Waals surface area contributed by atoms with Crippen molar-refractivity contribution >= 4 is 5.91 Å². The molecule has 0 unspecified atom stereocenters. The van der Waals surface area contributed by atoms with Crippen LogP contribution in [0.1, 0.15) is 102 Å². The van der Waals surface area contributed by atoms with Crippen molar-refractivity contribution in [3.63, 3.8) is 0 Å². The maximum absolute atomic E-state index is 12.1. The number of pyridine rings is 1. The van der Waals surface area contributed by atoms with Gasteiger partial charge in [-0.1, -0.05) is 101 Å². The van der Waals surface area contributed by atoms with E-state index in [0.717, 1.165) is 36.1 Å². The predicted molar refractivity (Wildman–Crippen MR) is 141 cm³/mol. The van der Waals surface area contributed by atoms with Crippen LogP contribution < -0.4 is 5.32 Å². The Kier molecular flexibility index (Phi) is 14.7. The Hall–Kier alpha value is -2.42. The van der Waals surface area contributed by atoms with E-state index in [4.69, 9.17) is 0 Å². The molecular formula is C30H44N2O. The highest BCUT2D eigenvalue weighted by Gasteiger charge is 2.02. The molecule has 0 aliphatic rings. The SMILES string of the molecule is CCCCCCCCCC/C=C/CCCCCC(=O)NCc1ccc(-c2ccccn2)cc1. The molecule has 1 amide bonds. The number of hydrogen-bond donors (Lipinski definition) is 1. The van der Waals surface area contributed by atoms with Crippen LogP contribution in [0.4, 0.5) is 0 Å². The van der Waals surface area contributed by atoms with E-state index in [1.807, 2.05) is 18.2 Å². The van der Waals surface area contributed by atoms with Crippen LogP contribution in [0, 0.1) is 0 Å². The van der Waals surface area contributed by atoms with Gasteiger partial charge in [0.1, 0.15) is 0 Å². The quantitative estimate of drug-likeness (QED) is 0.184. The number of amides is 1. The van der Waals surface area contributed by atoms with Gasteiger partial charge in [0.2, 0.25) is 5.91 Å². The van der Waals surface area contributed by atoms with E-state index in [9.17, 15) is 4.79 Å². The topological polar surface area (TPSA) is 42.0 Å². The van der Waals surface area contributed by atoms with Gasteiger partial charge in [0.15, 0.2) is 0 Å². The van der Waals surface area contributed by atoms with Crippen molar-refractivity contribution in [3.05, 3.63) is 66.4 Å². The fraction of sp³-hybridized carbons (Fsp3) is 0.533. The summed E-state index contributed by atoms with van der Waals surface area (Å²) in [4.78, 5) is 16.5. The van der Waals surface area contributed by atoms with Crippen molar-refractivity contribution in [1.82, 2.24) is 10.3 Å². The summed E-state index contributed by atoms with van der Waals surface area (Å²) in [5, 5.41) is 3.04. The maximum atomic E-state index is 12.1. The average molecular weight is 449 g/mol. The standard InChI is InChI=1S/C30H44N2O/c1-2-3-4-5-6-7-8-9-10-11-12-13-14-15-16-20-30(33)32-26-27-21-23-28(24-22-27)29-19-17-18-25-31-29/h11-12,17-19,21-25H,2-10,13-16,20,26H2,1H3,(H,32,33)/b12-11+. The number of carbonyl (C=O) groups excluding carboxylic acids is 1. The van der Waals surface area contributed by atoms with Gasteiger partial charge in [0.25, 0.3) is 0 Å². The van der Waals surface area contributed by atoms with Crippen molar-refractivity contribution in [1.29, 1.82) is 0 Å². The monoisotopic (exact) mass is 448 g/mol. The molecule has 3 nitrogen and oxygen atoms in total. The van der Waals surface area contributed by atoms with Crippen molar-refractivity contribution in [2.45, 2.75) is 103 Å². The summed E-state index contributed by atoms with van der Waals surface area (Å²) in [6, 6.07) is 14.2. The second-order valence-corrected chi connectivity index (χ2v) is 9.02. The zero-order valence-corrected chi connectivity index (χ0v) is 20.7. The number of allylic oxidation sites excluding steroid dienone is 2. The van der Waals surface area contributed by atoms with Gasteiger partial charge in [-0.3, -0.25) is 9.78 Å². The third kappa shape index (κ3) is 13.0. The zero-order valence-electron chi connectivity index (χ0n) is 20.7. The molecule has 1 heterocycles. The number of aromatic nitrogens is 1. The minimum absolute atomic E-state index is 0.147. The van der Waals surface area contributed by atoms with E-state index in [1.165, 1.54) is 64.2 Å². The second kappa shape index (κ2) is 18.1. The third-order valence-electron chi connectivity index (χ3n) is 6.07. The summed E-state index contributed by atoms with van der Waals surface area (Å²) in [5.74, 6) is 0.147. The van der Waals surface area contributed by atoms with Gasteiger partial charge >= 0.3 is 0 Å². The van der Waals surface area contributed by atoms with Crippen LogP contribution in [-0.4, -0.2) is 10.9 Å². The number of unbranched alkanes of at least 4 members (excludes halogenated alkanes) is 11. The lowest BCUT2D eigenvalue weighted by Crippen LogP contribution is -2.22. The molecule has 2 rings (SSSR count). The van der Waals surface area contributed by atoms with Gasteiger partial charge < -0.3 is 5.32 Å². The highest BCUT2D eigenvalue weighted by molar-refractivity contribution is 5.75.